The van der Waals surface area contributed by atoms with E-state index in [1.54, 1.807) is 23.8 Å². The lowest BCUT2D eigenvalue weighted by molar-refractivity contribution is 0.104. The van der Waals surface area contributed by atoms with Gasteiger partial charge in [0.1, 0.15) is 10.8 Å². The number of ether oxygens (including phenoxy) is 1. The van der Waals surface area contributed by atoms with Crippen molar-refractivity contribution < 1.29 is 9.53 Å². The number of aryl methyl sites for hydroxylation is 1. The molecule has 5 rings (SSSR count). The van der Waals surface area contributed by atoms with Gasteiger partial charge < -0.3 is 4.74 Å². The number of fused-ring (bicyclic) bond motifs is 1. The fourth-order valence-corrected chi connectivity index (χ4v) is 4.73. The molecule has 0 aliphatic heterocycles. The molecule has 2 aromatic heterocycles. The smallest absolute Gasteiger partial charge is 0.213 e. The molecule has 0 aliphatic rings. The Balaban J connectivity index is 1.58. The molecule has 0 atom stereocenters. The van der Waals surface area contributed by atoms with Crippen LogP contribution in [-0.4, -0.2) is 27.5 Å². The number of benzene rings is 3. The Morgan fingerprint density at radius 3 is 2.32 bits per heavy atom. The highest BCUT2D eigenvalue weighted by atomic mass is 79.9. The normalized spacial score (nSPS) is 11.4. The lowest BCUT2D eigenvalue weighted by atomic mass is 10.1. The Bertz CT molecular complexity index is 1500. The number of carbonyl (C=O) groups is 1. The quantitative estimate of drug-likeness (QED) is 0.174. The van der Waals surface area contributed by atoms with Gasteiger partial charge in [0.25, 0.3) is 0 Å². The van der Waals surface area contributed by atoms with E-state index in [9.17, 15) is 4.79 Å². The molecule has 168 valence electrons. The van der Waals surface area contributed by atoms with Crippen LogP contribution in [0.1, 0.15) is 21.6 Å². The Labute approximate surface area is 209 Å². The Hall–Kier alpha value is -3.55. The molecule has 0 aliphatic carbocycles. The second kappa shape index (κ2) is 9.37. The van der Waals surface area contributed by atoms with Gasteiger partial charge in [-0.3, -0.25) is 4.79 Å². The Morgan fingerprint density at radius 2 is 1.65 bits per heavy atom. The second-order valence-electron chi connectivity index (χ2n) is 7.75. The lowest BCUT2D eigenvalue weighted by Crippen LogP contribution is -1.95. The van der Waals surface area contributed by atoms with Crippen LogP contribution in [0.5, 0.6) is 5.75 Å². The Kier molecular flexibility index (Phi) is 6.13. The van der Waals surface area contributed by atoms with Crippen LogP contribution in [0.25, 0.3) is 32.9 Å². The first-order valence-corrected chi connectivity index (χ1v) is 12.2. The number of ketones is 1. The third-order valence-electron chi connectivity index (χ3n) is 5.42. The lowest BCUT2D eigenvalue weighted by Gasteiger charge is -2.02. The minimum absolute atomic E-state index is 0.0673. The van der Waals surface area contributed by atoms with E-state index in [1.807, 2.05) is 79.7 Å². The molecule has 0 unspecified atom stereocenters. The number of carbonyl (C=O) groups excluding carboxylic acids is 1. The van der Waals surface area contributed by atoms with Crippen LogP contribution in [0.4, 0.5) is 0 Å². The van der Waals surface area contributed by atoms with Crippen molar-refractivity contribution in [2.75, 3.05) is 7.11 Å². The van der Waals surface area contributed by atoms with Crippen LogP contribution in [-0.2, 0) is 0 Å². The molecule has 0 fully saturated rings. The van der Waals surface area contributed by atoms with Gasteiger partial charge in [-0.25, -0.2) is 9.50 Å². The topological polar surface area (TPSA) is 56.5 Å². The molecule has 0 saturated carbocycles. The minimum atomic E-state index is -0.0673. The molecular formula is C27H20BrN3O2S. The average Bonchev–Trinajstić information content (AvgIpc) is 3.42. The van der Waals surface area contributed by atoms with Crippen LogP contribution in [0, 0.1) is 6.92 Å². The summed E-state index contributed by atoms with van der Waals surface area (Å²) in [5.74, 6) is 0.725. The van der Waals surface area contributed by atoms with Crippen LogP contribution in [0.15, 0.2) is 83.3 Å². The zero-order valence-electron chi connectivity index (χ0n) is 18.5. The van der Waals surface area contributed by atoms with Crippen LogP contribution < -0.4 is 4.74 Å². The van der Waals surface area contributed by atoms with E-state index in [4.69, 9.17) is 14.8 Å². The number of nitrogens with zero attached hydrogens (tertiary/aromatic N) is 3. The van der Waals surface area contributed by atoms with Gasteiger partial charge in [0.2, 0.25) is 4.96 Å². The van der Waals surface area contributed by atoms with Crippen molar-refractivity contribution in [2.24, 2.45) is 0 Å². The van der Waals surface area contributed by atoms with E-state index >= 15 is 0 Å². The van der Waals surface area contributed by atoms with Gasteiger partial charge in [-0.15, -0.1) is 0 Å². The molecule has 3 aromatic carbocycles. The molecular weight excluding hydrogens is 510 g/mol. The van der Waals surface area contributed by atoms with Crippen molar-refractivity contribution in [1.29, 1.82) is 0 Å². The summed E-state index contributed by atoms with van der Waals surface area (Å²) in [6, 6.07) is 23.3. The number of aromatic nitrogens is 3. The summed E-state index contributed by atoms with van der Waals surface area (Å²) in [7, 11) is 1.65. The predicted octanol–water partition coefficient (Wildman–Crippen LogP) is 7.10. The largest absolute Gasteiger partial charge is 0.497 e. The maximum Gasteiger partial charge on any atom is 0.213 e. The highest BCUT2D eigenvalue weighted by Crippen LogP contribution is 2.33. The summed E-state index contributed by atoms with van der Waals surface area (Å²) in [5, 5.41) is 5.66. The number of halogens is 1. The van der Waals surface area contributed by atoms with E-state index in [0.717, 1.165) is 48.3 Å². The van der Waals surface area contributed by atoms with Crippen molar-refractivity contribution in [2.45, 2.75) is 6.92 Å². The zero-order chi connectivity index (χ0) is 23.7. The second-order valence-corrected chi connectivity index (χ2v) is 9.62. The van der Waals surface area contributed by atoms with Crippen molar-refractivity contribution in [3.05, 3.63) is 100 Å². The summed E-state index contributed by atoms with van der Waals surface area (Å²) < 4.78 is 8.06. The number of rotatable bonds is 6. The predicted molar refractivity (Wildman–Crippen MR) is 141 cm³/mol. The molecule has 0 N–H and O–H groups in total. The summed E-state index contributed by atoms with van der Waals surface area (Å²) in [6.07, 6.45) is 3.39. The average molecular weight is 530 g/mol. The molecule has 5 nitrogen and oxygen atoms in total. The van der Waals surface area contributed by atoms with Gasteiger partial charge in [-0.1, -0.05) is 69.2 Å². The maximum absolute atomic E-state index is 12.8. The van der Waals surface area contributed by atoms with Crippen LogP contribution in [0.3, 0.4) is 0 Å². The molecule has 0 spiro atoms. The summed E-state index contributed by atoms with van der Waals surface area (Å²) in [5.41, 5.74) is 5.23. The van der Waals surface area contributed by atoms with Crippen molar-refractivity contribution in [1.82, 2.24) is 14.6 Å². The SMILES string of the molecule is COc1ccc(-c2nn3c(/C=C/C(=O)c4ccc(C)cc4)c(-c4ccc(Br)cc4)nc3s2)cc1. The van der Waals surface area contributed by atoms with E-state index in [-0.39, 0.29) is 5.78 Å². The summed E-state index contributed by atoms with van der Waals surface area (Å²) >= 11 is 4.99. The number of imidazole rings is 1. The molecule has 0 radical (unpaired) electrons. The third-order valence-corrected chi connectivity index (χ3v) is 6.91. The number of methoxy groups -OCH3 is 1. The third kappa shape index (κ3) is 4.44. The highest BCUT2D eigenvalue weighted by molar-refractivity contribution is 9.10. The van der Waals surface area contributed by atoms with Crippen LogP contribution in [0.2, 0.25) is 0 Å². The molecule has 2 heterocycles. The van der Waals surface area contributed by atoms with Gasteiger partial charge in [-0.05, 0) is 55.5 Å². The fraction of sp³-hybridized carbons (Fsp3) is 0.0741. The van der Waals surface area contributed by atoms with Gasteiger partial charge in [-0.2, -0.15) is 5.10 Å². The number of hydrogen-bond donors (Lipinski definition) is 0. The monoisotopic (exact) mass is 529 g/mol. The van der Waals surface area contributed by atoms with Gasteiger partial charge in [0, 0.05) is 21.2 Å². The standard InChI is InChI=1S/C27H20BrN3O2S/c1-17-3-5-18(6-4-17)24(32)16-15-23-25(19-7-11-21(28)12-8-19)29-27-31(23)30-26(34-27)20-9-13-22(33-2)14-10-20/h3-16H,1-2H3/b16-15+. The molecule has 0 bridgehead atoms. The van der Waals surface area contributed by atoms with Crippen molar-refractivity contribution >= 4 is 44.1 Å². The van der Waals surface area contributed by atoms with Gasteiger partial charge in [0.15, 0.2) is 5.78 Å². The number of hydrogen-bond acceptors (Lipinski definition) is 5. The minimum Gasteiger partial charge on any atom is -0.497 e. The van der Waals surface area contributed by atoms with Gasteiger partial charge >= 0.3 is 0 Å². The van der Waals surface area contributed by atoms with Crippen LogP contribution >= 0.6 is 27.3 Å². The zero-order valence-corrected chi connectivity index (χ0v) is 20.9. The van der Waals surface area contributed by atoms with Crippen molar-refractivity contribution in [3.63, 3.8) is 0 Å². The van der Waals surface area contributed by atoms with E-state index in [1.165, 1.54) is 11.3 Å². The first-order valence-electron chi connectivity index (χ1n) is 10.6. The maximum atomic E-state index is 12.8. The van der Waals surface area contributed by atoms with E-state index in [2.05, 4.69) is 15.9 Å². The molecule has 0 saturated heterocycles. The summed E-state index contributed by atoms with van der Waals surface area (Å²) in [4.78, 5) is 18.4. The first-order chi connectivity index (χ1) is 16.5. The first kappa shape index (κ1) is 22.3. The molecule has 0 amide bonds. The molecule has 7 heteroatoms. The highest BCUT2D eigenvalue weighted by Gasteiger charge is 2.17. The Morgan fingerprint density at radius 1 is 0.971 bits per heavy atom. The van der Waals surface area contributed by atoms with E-state index < -0.39 is 0 Å². The van der Waals surface area contributed by atoms with Gasteiger partial charge in [0.05, 0.1) is 18.5 Å². The molecule has 34 heavy (non-hydrogen) atoms. The summed E-state index contributed by atoms with van der Waals surface area (Å²) in [6.45, 7) is 2.00. The van der Waals surface area contributed by atoms with E-state index in [0.29, 0.717) is 5.56 Å². The fourth-order valence-electron chi connectivity index (χ4n) is 3.55. The molecule has 5 aromatic rings. The number of allylic oxidation sites excluding steroid dienone is 1. The van der Waals surface area contributed by atoms with Crippen molar-refractivity contribution in [3.8, 4) is 27.6 Å².